The number of carboxylic acids is 1. The van der Waals surface area contributed by atoms with Crippen LogP contribution in [0.1, 0.15) is 31.4 Å². The van der Waals surface area contributed by atoms with Gasteiger partial charge in [-0.05, 0) is 25.8 Å². The zero-order valence-corrected chi connectivity index (χ0v) is 15.2. The maximum Gasteiger partial charge on any atom is 0.387 e. The molecule has 152 valence electrons. The summed E-state index contributed by atoms with van der Waals surface area (Å²) in [5, 5.41) is 13.2. The molecule has 1 N–H and O–H groups in total. The molecule has 0 radical (unpaired) electrons. The van der Waals surface area contributed by atoms with Crippen LogP contribution in [0.3, 0.4) is 0 Å². The number of nitrogens with zero attached hydrogens (tertiary/aromatic N) is 1. The first-order chi connectivity index (χ1) is 13.3. The molecule has 2 rings (SSSR count). The number of urea groups is 1. The van der Waals surface area contributed by atoms with Crippen molar-refractivity contribution in [2.45, 2.75) is 32.4 Å². The maximum atomic E-state index is 12.7. The monoisotopic (exact) mass is 397 g/mol. The van der Waals surface area contributed by atoms with Gasteiger partial charge in [-0.15, -0.1) is 0 Å². The van der Waals surface area contributed by atoms with Crippen LogP contribution in [0.15, 0.2) is 35.5 Å². The second-order valence-electron chi connectivity index (χ2n) is 5.92. The number of ether oxygens (including phenoxy) is 2. The van der Waals surface area contributed by atoms with Gasteiger partial charge in [0, 0.05) is 23.8 Å². The second-order valence-corrected chi connectivity index (χ2v) is 5.92. The number of para-hydroxylation sites is 1. The number of alkyl halides is 2. The number of hydrogen-bond donors (Lipinski definition) is 1. The van der Waals surface area contributed by atoms with E-state index in [9.17, 15) is 28.3 Å². The third-order valence-corrected chi connectivity index (χ3v) is 4.21. The molecule has 1 aromatic carbocycles. The van der Waals surface area contributed by atoms with E-state index >= 15 is 0 Å². The number of aliphatic carboxylic acids is 1. The van der Waals surface area contributed by atoms with E-state index in [1.165, 1.54) is 30.0 Å². The summed E-state index contributed by atoms with van der Waals surface area (Å²) in [7, 11) is 1.15. The number of nitrogens with one attached hydrogen (secondary N) is 1. The van der Waals surface area contributed by atoms with E-state index in [1.807, 2.05) is 0 Å². The number of carboxylic acid groups (broad SMARTS) is 1. The van der Waals surface area contributed by atoms with Crippen molar-refractivity contribution in [2.24, 2.45) is 0 Å². The summed E-state index contributed by atoms with van der Waals surface area (Å²) in [6.45, 7) is -1.57. The van der Waals surface area contributed by atoms with Crippen LogP contribution in [0.4, 0.5) is 13.6 Å². The lowest BCUT2D eigenvalue weighted by atomic mass is 9.94. The Bertz CT molecular complexity index is 796. The van der Waals surface area contributed by atoms with E-state index in [0.717, 1.165) is 7.11 Å². The highest BCUT2D eigenvalue weighted by molar-refractivity contribution is 5.95. The summed E-state index contributed by atoms with van der Waals surface area (Å²) < 4.78 is 34.8. The molecule has 0 spiro atoms. The van der Waals surface area contributed by atoms with Crippen molar-refractivity contribution >= 4 is 18.0 Å². The Morgan fingerprint density at radius 2 is 2.00 bits per heavy atom. The van der Waals surface area contributed by atoms with Crippen LogP contribution in [0.5, 0.6) is 5.75 Å². The summed E-state index contributed by atoms with van der Waals surface area (Å²) in [4.78, 5) is 36.7. The standard InChI is InChI=1S/C18H20F2N2O6/c1-10-14(16(25)27-2)15(11-6-3-4-7-12(11)28-17(19)20)21-18(26)22(10)9-5-8-13(23)24/h3-4,6-7,15,17H,5,8-9H2,1-2H3,(H,21,26)(H,23,24)/p-1/t15-/m0/s1. The predicted molar refractivity (Wildman–Crippen MR) is 90.0 cm³/mol. The number of methoxy groups -OCH3 is 1. The smallest absolute Gasteiger partial charge is 0.387 e. The van der Waals surface area contributed by atoms with Gasteiger partial charge in [-0.1, -0.05) is 18.2 Å². The lowest BCUT2D eigenvalue weighted by molar-refractivity contribution is -0.305. The van der Waals surface area contributed by atoms with E-state index < -0.39 is 30.6 Å². The van der Waals surface area contributed by atoms with Gasteiger partial charge in [0.1, 0.15) is 5.75 Å². The molecule has 0 aliphatic carbocycles. The van der Waals surface area contributed by atoms with Gasteiger partial charge < -0.3 is 24.7 Å². The van der Waals surface area contributed by atoms with Gasteiger partial charge in [-0.2, -0.15) is 8.78 Å². The van der Waals surface area contributed by atoms with E-state index in [2.05, 4.69) is 10.1 Å². The Morgan fingerprint density at radius 3 is 2.61 bits per heavy atom. The highest BCUT2D eigenvalue weighted by Crippen LogP contribution is 2.36. The minimum atomic E-state index is -3.09. The normalized spacial score (nSPS) is 16.8. The summed E-state index contributed by atoms with van der Waals surface area (Å²) in [5.41, 5.74) is 0.414. The largest absolute Gasteiger partial charge is 0.550 e. The van der Waals surface area contributed by atoms with Crippen molar-refractivity contribution in [3.8, 4) is 5.75 Å². The molecule has 0 saturated carbocycles. The SMILES string of the molecule is COC(=O)C1=C(C)N(CCCC(=O)[O-])C(=O)N[C@H]1c1ccccc1OC(F)F. The lowest BCUT2D eigenvalue weighted by Crippen LogP contribution is -2.48. The van der Waals surface area contributed by atoms with Crippen LogP contribution in [-0.4, -0.2) is 43.1 Å². The fraction of sp³-hybridized carbons (Fsp3) is 0.389. The molecule has 0 bridgehead atoms. The van der Waals surface area contributed by atoms with E-state index in [-0.39, 0.29) is 42.0 Å². The molecule has 1 aromatic rings. The minimum absolute atomic E-state index is 0.0219. The maximum absolute atomic E-state index is 12.7. The van der Waals surface area contributed by atoms with Crippen molar-refractivity contribution < 1.29 is 37.7 Å². The van der Waals surface area contributed by atoms with Crippen LogP contribution in [0, 0.1) is 0 Å². The van der Waals surface area contributed by atoms with Crippen LogP contribution in [0.2, 0.25) is 0 Å². The summed E-state index contributed by atoms with van der Waals surface area (Å²) >= 11 is 0. The third-order valence-electron chi connectivity index (χ3n) is 4.21. The number of amides is 2. The minimum Gasteiger partial charge on any atom is -0.550 e. The number of esters is 1. The Morgan fingerprint density at radius 1 is 1.32 bits per heavy atom. The molecule has 28 heavy (non-hydrogen) atoms. The van der Waals surface area contributed by atoms with Gasteiger partial charge in [-0.25, -0.2) is 9.59 Å². The van der Waals surface area contributed by atoms with Crippen molar-refractivity contribution in [1.29, 1.82) is 0 Å². The van der Waals surface area contributed by atoms with Crippen LogP contribution < -0.4 is 15.2 Å². The summed E-state index contributed by atoms with van der Waals surface area (Å²) in [5.74, 6) is -2.22. The van der Waals surface area contributed by atoms with Gasteiger partial charge in [-0.3, -0.25) is 4.90 Å². The molecular formula is C18H19F2N2O6-. The molecule has 1 heterocycles. The first kappa shape index (κ1) is 21.1. The van der Waals surface area contributed by atoms with Gasteiger partial charge in [0.2, 0.25) is 0 Å². The number of hydrogen-bond acceptors (Lipinski definition) is 6. The number of halogens is 2. The Balaban J connectivity index is 2.45. The highest BCUT2D eigenvalue weighted by Gasteiger charge is 2.37. The number of carbonyl (C=O) groups is 3. The van der Waals surface area contributed by atoms with Crippen LogP contribution in [0.25, 0.3) is 0 Å². The Hall–Kier alpha value is -3.17. The zero-order chi connectivity index (χ0) is 20.8. The quantitative estimate of drug-likeness (QED) is 0.663. The Labute approximate surface area is 159 Å². The molecule has 0 saturated heterocycles. The average molecular weight is 397 g/mol. The van der Waals surface area contributed by atoms with Crippen molar-refractivity contribution in [3.63, 3.8) is 0 Å². The van der Waals surface area contributed by atoms with Gasteiger partial charge >= 0.3 is 18.6 Å². The molecule has 2 amide bonds. The first-order valence-electron chi connectivity index (χ1n) is 8.37. The number of rotatable bonds is 8. The Kier molecular flexibility index (Phi) is 6.91. The highest BCUT2D eigenvalue weighted by atomic mass is 19.3. The van der Waals surface area contributed by atoms with E-state index in [1.54, 1.807) is 6.07 Å². The van der Waals surface area contributed by atoms with E-state index in [4.69, 9.17) is 4.74 Å². The molecule has 1 aliphatic rings. The van der Waals surface area contributed by atoms with Crippen LogP contribution in [-0.2, 0) is 14.3 Å². The van der Waals surface area contributed by atoms with Gasteiger partial charge in [0.25, 0.3) is 0 Å². The first-order valence-corrected chi connectivity index (χ1v) is 8.37. The fourth-order valence-electron chi connectivity index (χ4n) is 2.96. The number of allylic oxidation sites excluding steroid dienone is 1. The topological polar surface area (TPSA) is 108 Å². The molecule has 1 aliphatic heterocycles. The molecule has 0 unspecified atom stereocenters. The van der Waals surface area contributed by atoms with Gasteiger partial charge in [0.15, 0.2) is 0 Å². The molecule has 1 atom stereocenters. The van der Waals surface area contributed by atoms with Crippen molar-refractivity contribution in [3.05, 3.63) is 41.1 Å². The van der Waals surface area contributed by atoms with Gasteiger partial charge in [0.05, 0.1) is 18.7 Å². The fourth-order valence-corrected chi connectivity index (χ4v) is 2.96. The molecule has 0 fully saturated rings. The van der Waals surface area contributed by atoms with E-state index in [0.29, 0.717) is 0 Å². The summed E-state index contributed by atoms with van der Waals surface area (Å²) in [6, 6.07) is 4.09. The molecule has 10 heteroatoms. The summed E-state index contributed by atoms with van der Waals surface area (Å²) in [6.07, 6.45) is -0.156. The van der Waals surface area contributed by atoms with Crippen LogP contribution >= 0.6 is 0 Å². The number of benzene rings is 1. The lowest BCUT2D eigenvalue weighted by Gasteiger charge is -2.35. The zero-order valence-electron chi connectivity index (χ0n) is 15.2. The predicted octanol–water partition coefficient (Wildman–Crippen LogP) is 1.33. The number of carbonyl (C=O) groups excluding carboxylic acids is 3. The molecular weight excluding hydrogens is 378 g/mol. The second kappa shape index (κ2) is 9.16. The third kappa shape index (κ3) is 4.76. The van der Waals surface area contributed by atoms with Crippen molar-refractivity contribution in [2.75, 3.05) is 13.7 Å². The molecule has 8 nitrogen and oxygen atoms in total. The van der Waals surface area contributed by atoms with Crippen molar-refractivity contribution in [1.82, 2.24) is 10.2 Å². The average Bonchev–Trinajstić information content (AvgIpc) is 2.63. The molecule has 0 aromatic heterocycles.